The number of carboxylic acid groups (broad SMARTS) is 1. The topological polar surface area (TPSA) is 70.5 Å². The van der Waals surface area contributed by atoms with E-state index in [4.69, 9.17) is 5.11 Å². The van der Waals surface area contributed by atoms with Crippen molar-refractivity contribution in [2.24, 2.45) is 0 Å². The van der Waals surface area contributed by atoms with Crippen molar-refractivity contribution >= 4 is 11.9 Å². The zero-order valence-electron chi connectivity index (χ0n) is 14.8. The monoisotopic (exact) mass is 352 g/mol. The lowest BCUT2D eigenvalue weighted by atomic mass is 9.95. The molecule has 5 nitrogen and oxygen atoms in total. The quantitative estimate of drug-likeness (QED) is 0.858. The standard InChI is InChI=1S/C21H24N2O3/c24-20(17-12-13-19(21(25)26)22-15-17)23-14-5-4-10-18(23)11-6-9-16-7-2-1-3-8-16/h1-3,7-8,12-13,15,18H,4-6,9-11,14H2,(H,25,26). The summed E-state index contributed by atoms with van der Waals surface area (Å²) in [4.78, 5) is 29.6. The van der Waals surface area contributed by atoms with E-state index >= 15 is 0 Å². The van der Waals surface area contributed by atoms with Crippen molar-refractivity contribution in [3.63, 3.8) is 0 Å². The largest absolute Gasteiger partial charge is 0.477 e. The molecule has 1 aliphatic rings. The number of carbonyl (C=O) groups is 2. The van der Waals surface area contributed by atoms with Crippen molar-refractivity contribution in [3.8, 4) is 0 Å². The first-order valence-electron chi connectivity index (χ1n) is 9.19. The molecule has 1 aromatic carbocycles. The molecule has 0 saturated carbocycles. The van der Waals surface area contributed by atoms with Gasteiger partial charge in [0.15, 0.2) is 0 Å². The Balaban J connectivity index is 1.62. The predicted molar refractivity (Wildman–Crippen MR) is 99.3 cm³/mol. The molecule has 0 spiro atoms. The number of hydrogen-bond acceptors (Lipinski definition) is 3. The number of likely N-dealkylation sites (tertiary alicyclic amines) is 1. The third kappa shape index (κ3) is 4.48. The molecule has 1 atom stereocenters. The van der Waals surface area contributed by atoms with E-state index in [0.717, 1.165) is 45.1 Å². The van der Waals surface area contributed by atoms with Crippen LogP contribution in [0.25, 0.3) is 0 Å². The number of aryl methyl sites for hydroxylation is 1. The first-order chi connectivity index (χ1) is 12.6. The van der Waals surface area contributed by atoms with Crippen molar-refractivity contribution in [2.45, 2.75) is 44.6 Å². The number of amides is 1. The summed E-state index contributed by atoms with van der Waals surface area (Å²) < 4.78 is 0. The van der Waals surface area contributed by atoms with Gasteiger partial charge in [-0.1, -0.05) is 30.3 Å². The van der Waals surface area contributed by atoms with E-state index in [1.54, 1.807) is 6.07 Å². The fraction of sp³-hybridized carbons (Fsp3) is 0.381. The van der Waals surface area contributed by atoms with Crippen LogP contribution in [0.1, 0.15) is 58.5 Å². The number of rotatable bonds is 6. The second kappa shape index (κ2) is 8.61. The van der Waals surface area contributed by atoms with Gasteiger partial charge < -0.3 is 10.0 Å². The third-order valence-corrected chi connectivity index (χ3v) is 4.96. The van der Waals surface area contributed by atoms with E-state index in [2.05, 4.69) is 29.2 Å². The molecule has 1 aromatic heterocycles. The lowest BCUT2D eigenvalue weighted by molar-refractivity contribution is 0.0596. The number of pyridine rings is 1. The number of hydrogen-bond donors (Lipinski definition) is 1. The summed E-state index contributed by atoms with van der Waals surface area (Å²) in [5.41, 5.74) is 1.75. The van der Waals surface area contributed by atoms with Gasteiger partial charge in [0.2, 0.25) is 0 Å². The van der Waals surface area contributed by atoms with Gasteiger partial charge in [0, 0.05) is 18.8 Å². The molecule has 1 unspecified atom stereocenters. The summed E-state index contributed by atoms with van der Waals surface area (Å²) in [6, 6.07) is 13.6. The number of aromatic carboxylic acids is 1. The minimum atomic E-state index is -1.08. The van der Waals surface area contributed by atoms with Crippen LogP contribution < -0.4 is 0 Å². The SMILES string of the molecule is O=C(O)c1ccc(C(=O)N2CCCCC2CCCc2ccccc2)cn1. The summed E-state index contributed by atoms with van der Waals surface area (Å²) in [7, 11) is 0. The van der Waals surface area contributed by atoms with E-state index in [1.165, 1.54) is 17.8 Å². The van der Waals surface area contributed by atoms with Gasteiger partial charge in [0.05, 0.1) is 5.56 Å². The van der Waals surface area contributed by atoms with Crippen LogP contribution in [-0.4, -0.2) is 39.5 Å². The molecule has 1 amide bonds. The van der Waals surface area contributed by atoms with Crippen molar-refractivity contribution < 1.29 is 14.7 Å². The Hall–Kier alpha value is -2.69. The second-order valence-corrected chi connectivity index (χ2v) is 6.76. The Labute approximate surface area is 153 Å². The second-order valence-electron chi connectivity index (χ2n) is 6.76. The highest BCUT2D eigenvalue weighted by molar-refractivity contribution is 5.95. The van der Waals surface area contributed by atoms with Gasteiger partial charge in [-0.2, -0.15) is 0 Å². The van der Waals surface area contributed by atoms with Crippen LogP contribution in [0.5, 0.6) is 0 Å². The fourth-order valence-corrected chi connectivity index (χ4v) is 3.57. The third-order valence-electron chi connectivity index (χ3n) is 4.96. The zero-order valence-corrected chi connectivity index (χ0v) is 14.8. The maximum Gasteiger partial charge on any atom is 0.354 e. The smallest absolute Gasteiger partial charge is 0.354 e. The van der Waals surface area contributed by atoms with Crippen molar-refractivity contribution in [3.05, 3.63) is 65.5 Å². The molecule has 2 aromatic rings. The van der Waals surface area contributed by atoms with Crippen molar-refractivity contribution in [1.82, 2.24) is 9.88 Å². The van der Waals surface area contributed by atoms with Crippen LogP contribution in [0.2, 0.25) is 0 Å². The first-order valence-corrected chi connectivity index (χ1v) is 9.19. The fourth-order valence-electron chi connectivity index (χ4n) is 3.57. The Bertz CT molecular complexity index is 744. The van der Waals surface area contributed by atoms with E-state index in [0.29, 0.717) is 5.56 Å². The maximum atomic E-state index is 12.9. The lowest BCUT2D eigenvalue weighted by Gasteiger charge is -2.36. The molecular weight excluding hydrogens is 328 g/mol. The number of aromatic nitrogens is 1. The van der Waals surface area contributed by atoms with E-state index in [9.17, 15) is 9.59 Å². The van der Waals surface area contributed by atoms with Crippen LogP contribution >= 0.6 is 0 Å². The average molecular weight is 352 g/mol. The van der Waals surface area contributed by atoms with Crippen LogP contribution in [0.15, 0.2) is 48.7 Å². The molecule has 1 fully saturated rings. The molecule has 136 valence electrons. The van der Waals surface area contributed by atoms with Gasteiger partial charge in [-0.3, -0.25) is 4.79 Å². The molecule has 0 aliphatic carbocycles. The van der Waals surface area contributed by atoms with Crippen molar-refractivity contribution in [2.75, 3.05) is 6.54 Å². The zero-order chi connectivity index (χ0) is 18.4. The average Bonchev–Trinajstić information content (AvgIpc) is 2.69. The predicted octanol–water partition coefficient (Wildman–Crippen LogP) is 3.80. The minimum absolute atomic E-state index is 0.0420. The number of carboxylic acids is 1. The van der Waals surface area contributed by atoms with Crippen LogP contribution in [0.3, 0.4) is 0 Å². The van der Waals surface area contributed by atoms with Gasteiger partial charge >= 0.3 is 5.97 Å². The molecule has 5 heteroatoms. The summed E-state index contributed by atoms with van der Waals surface area (Å²) in [5, 5.41) is 8.94. The minimum Gasteiger partial charge on any atom is -0.477 e. The number of benzene rings is 1. The summed E-state index contributed by atoms with van der Waals surface area (Å²) in [6.45, 7) is 0.759. The maximum absolute atomic E-state index is 12.9. The van der Waals surface area contributed by atoms with Gasteiger partial charge in [0.25, 0.3) is 5.91 Å². The lowest BCUT2D eigenvalue weighted by Crippen LogP contribution is -2.43. The Kier molecular flexibility index (Phi) is 6.00. The van der Waals surface area contributed by atoms with Crippen LogP contribution in [0.4, 0.5) is 0 Å². The Morgan fingerprint density at radius 2 is 1.92 bits per heavy atom. The van der Waals surface area contributed by atoms with Crippen molar-refractivity contribution in [1.29, 1.82) is 0 Å². The van der Waals surface area contributed by atoms with E-state index in [-0.39, 0.29) is 17.6 Å². The first kappa shape index (κ1) is 18.1. The molecule has 1 aliphatic heterocycles. The van der Waals surface area contributed by atoms with Gasteiger partial charge in [-0.05, 0) is 56.2 Å². The van der Waals surface area contributed by atoms with E-state index < -0.39 is 5.97 Å². The normalized spacial score (nSPS) is 17.1. The Morgan fingerprint density at radius 3 is 2.62 bits per heavy atom. The number of carbonyl (C=O) groups excluding carboxylic acids is 1. The van der Waals surface area contributed by atoms with E-state index in [1.807, 2.05) is 11.0 Å². The molecule has 0 bridgehead atoms. The van der Waals surface area contributed by atoms with Gasteiger partial charge in [-0.25, -0.2) is 9.78 Å². The summed E-state index contributed by atoms with van der Waals surface area (Å²) in [5.74, 6) is -1.13. The highest BCUT2D eigenvalue weighted by Gasteiger charge is 2.27. The molecule has 2 heterocycles. The highest BCUT2D eigenvalue weighted by Crippen LogP contribution is 2.23. The Morgan fingerprint density at radius 1 is 1.12 bits per heavy atom. The molecule has 26 heavy (non-hydrogen) atoms. The highest BCUT2D eigenvalue weighted by atomic mass is 16.4. The number of piperidine rings is 1. The molecule has 1 saturated heterocycles. The summed E-state index contributed by atoms with van der Waals surface area (Å²) >= 11 is 0. The molecular formula is C21H24N2O3. The molecule has 1 N–H and O–H groups in total. The molecule has 3 rings (SSSR count). The van der Waals surface area contributed by atoms with Gasteiger partial charge in [-0.15, -0.1) is 0 Å². The number of nitrogens with zero attached hydrogens (tertiary/aromatic N) is 2. The summed E-state index contributed by atoms with van der Waals surface area (Å²) in [6.07, 6.45) is 7.63. The molecule has 0 radical (unpaired) electrons. The van der Waals surface area contributed by atoms with Gasteiger partial charge in [0.1, 0.15) is 5.69 Å². The van der Waals surface area contributed by atoms with Crippen LogP contribution in [-0.2, 0) is 6.42 Å². The van der Waals surface area contributed by atoms with Crippen LogP contribution in [0, 0.1) is 0 Å².